The van der Waals surface area contributed by atoms with Crippen molar-refractivity contribution in [2.45, 2.75) is 70.3 Å². The third-order valence-electron chi connectivity index (χ3n) is 6.21. The fourth-order valence-electron chi connectivity index (χ4n) is 4.77. The van der Waals surface area contributed by atoms with Crippen LogP contribution in [0, 0.1) is 11.8 Å². The standard InChI is InChI=1S/C19H34N2O2/c1-16-6-5-11-21(14-16)18(22)17-7-12-20(13-8-17)15-19(23)9-3-2-4-10-19/h16-17,23H,2-15H2,1H3. The molecule has 1 saturated carbocycles. The smallest absolute Gasteiger partial charge is 0.225 e. The average Bonchev–Trinajstić information content (AvgIpc) is 2.55. The summed E-state index contributed by atoms with van der Waals surface area (Å²) in [5.41, 5.74) is -0.461. The average molecular weight is 322 g/mol. The third-order valence-corrected chi connectivity index (χ3v) is 6.21. The Morgan fingerprint density at radius 2 is 1.74 bits per heavy atom. The highest BCUT2D eigenvalue weighted by molar-refractivity contribution is 5.79. The fraction of sp³-hybridized carbons (Fsp3) is 0.947. The van der Waals surface area contributed by atoms with E-state index in [2.05, 4.69) is 16.7 Å². The highest BCUT2D eigenvalue weighted by atomic mass is 16.3. The molecule has 0 radical (unpaired) electrons. The van der Waals surface area contributed by atoms with Crippen molar-refractivity contribution in [3.63, 3.8) is 0 Å². The van der Waals surface area contributed by atoms with E-state index in [1.54, 1.807) is 0 Å². The van der Waals surface area contributed by atoms with E-state index in [0.29, 0.717) is 11.8 Å². The lowest BCUT2D eigenvalue weighted by atomic mass is 9.83. The summed E-state index contributed by atoms with van der Waals surface area (Å²) in [5.74, 6) is 1.28. The molecule has 4 nitrogen and oxygen atoms in total. The number of carbonyl (C=O) groups is 1. The number of amides is 1. The van der Waals surface area contributed by atoms with Gasteiger partial charge in [0.1, 0.15) is 0 Å². The molecule has 3 rings (SSSR count). The lowest BCUT2D eigenvalue weighted by Crippen LogP contribution is -2.49. The van der Waals surface area contributed by atoms with Gasteiger partial charge < -0.3 is 14.9 Å². The first kappa shape index (κ1) is 17.2. The Labute approximate surface area is 141 Å². The predicted molar refractivity (Wildman–Crippen MR) is 92.2 cm³/mol. The molecule has 0 spiro atoms. The normalized spacial score (nSPS) is 30.3. The van der Waals surface area contributed by atoms with Gasteiger partial charge >= 0.3 is 0 Å². The molecule has 1 atom stereocenters. The first-order valence-electron chi connectivity index (χ1n) is 9.79. The molecule has 2 saturated heterocycles. The van der Waals surface area contributed by atoms with E-state index < -0.39 is 5.60 Å². The third kappa shape index (κ3) is 4.48. The van der Waals surface area contributed by atoms with Crippen LogP contribution in [0.25, 0.3) is 0 Å². The van der Waals surface area contributed by atoms with Gasteiger partial charge in [0, 0.05) is 25.6 Å². The number of hydrogen-bond donors (Lipinski definition) is 1. The van der Waals surface area contributed by atoms with Gasteiger partial charge in [-0.1, -0.05) is 26.2 Å². The summed E-state index contributed by atoms with van der Waals surface area (Å²) >= 11 is 0. The minimum atomic E-state index is -0.461. The van der Waals surface area contributed by atoms with Crippen LogP contribution in [0.15, 0.2) is 0 Å². The SMILES string of the molecule is CC1CCCN(C(=O)C2CCN(CC3(O)CCCCC3)CC2)C1. The number of piperidine rings is 2. The van der Waals surface area contributed by atoms with Gasteiger partial charge in [-0.3, -0.25) is 4.79 Å². The molecule has 0 aromatic heterocycles. The second-order valence-electron chi connectivity index (χ2n) is 8.37. The van der Waals surface area contributed by atoms with E-state index in [4.69, 9.17) is 0 Å². The monoisotopic (exact) mass is 322 g/mol. The van der Waals surface area contributed by atoms with E-state index in [0.717, 1.165) is 58.4 Å². The van der Waals surface area contributed by atoms with Gasteiger partial charge in [0.25, 0.3) is 0 Å². The summed E-state index contributed by atoms with van der Waals surface area (Å²) in [7, 11) is 0. The summed E-state index contributed by atoms with van der Waals surface area (Å²) in [4.78, 5) is 17.2. The molecule has 1 amide bonds. The molecule has 0 aromatic rings. The van der Waals surface area contributed by atoms with E-state index in [-0.39, 0.29) is 5.92 Å². The van der Waals surface area contributed by atoms with E-state index in [9.17, 15) is 9.90 Å². The van der Waals surface area contributed by atoms with Crippen LogP contribution in [0.1, 0.15) is 64.7 Å². The number of β-amino-alcohol motifs (C(OH)–C–C–N with tert-alkyl or cyclic N) is 1. The summed E-state index contributed by atoms with van der Waals surface area (Å²) in [5, 5.41) is 10.7. The lowest BCUT2D eigenvalue weighted by molar-refractivity contribution is -0.139. The summed E-state index contributed by atoms with van der Waals surface area (Å²) in [6.07, 6.45) is 9.89. The summed E-state index contributed by atoms with van der Waals surface area (Å²) in [6, 6.07) is 0. The van der Waals surface area contributed by atoms with Gasteiger partial charge in [-0.2, -0.15) is 0 Å². The number of rotatable bonds is 3. The van der Waals surface area contributed by atoms with Crippen molar-refractivity contribution in [2.24, 2.45) is 11.8 Å². The number of likely N-dealkylation sites (tertiary alicyclic amines) is 2. The molecule has 132 valence electrons. The van der Waals surface area contributed by atoms with Crippen LogP contribution in [0.4, 0.5) is 0 Å². The van der Waals surface area contributed by atoms with Crippen LogP contribution in [-0.2, 0) is 4.79 Å². The van der Waals surface area contributed by atoms with Gasteiger partial charge in [0.15, 0.2) is 0 Å². The first-order valence-corrected chi connectivity index (χ1v) is 9.79. The van der Waals surface area contributed by atoms with Crippen LogP contribution in [0.3, 0.4) is 0 Å². The van der Waals surface area contributed by atoms with Crippen molar-refractivity contribution < 1.29 is 9.90 Å². The van der Waals surface area contributed by atoms with E-state index in [1.165, 1.54) is 32.1 Å². The minimum absolute atomic E-state index is 0.220. The molecule has 0 bridgehead atoms. The predicted octanol–water partition coefficient (Wildman–Crippen LogP) is 2.65. The molecular formula is C19H34N2O2. The number of nitrogens with zero attached hydrogens (tertiary/aromatic N) is 2. The molecule has 3 aliphatic rings. The van der Waals surface area contributed by atoms with E-state index in [1.807, 2.05) is 0 Å². The number of carbonyl (C=O) groups excluding carboxylic acids is 1. The number of aliphatic hydroxyl groups is 1. The molecule has 1 aliphatic carbocycles. The number of hydrogen-bond acceptors (Lipinski definition) is 3. The molecule has 2 heterocycles. The van der Waals surface area contributed by atoms with Crippen molar-refractivity contribution in [3.8, 4) is 0 Å². The lowest BCUT2D eigenvalue weighted by Gasteiger charge is -2.41. The summed E-state index contributed by atoms with van der Waals surface area (Å²) in [6.45, 7) is 6.94. The second kappa shape index (κ2) is 7.52. The Kier molecular flexibility index (Phi) is 5.63. The van der Waals surface area contributed by atoms with Crippen molar-refractivity contribution in [3.05, 3.63) is 0 Å². The van der Waals surface area contributed by atoms with Crippen LogP contribution in [-0.4, -0.2) is 59.1 Å². The molecule has 3 fully saturated rings. The van der Waals surface area contributed by atoms with Crippen LogP contribution in [0.2, 0.25) is 0 Å². The Morgan fingerprint density at radius 1 is 1.04 bits per heavy atom. The molecular weight excluding hydrogens is 288 g/mol. The van der Waals surface area contributed by atoms with Gasteiger partial charge in [-0.15, -0.1) is 0 Å². The van der Waals surface area contributed by atoms with Crippen molar-refractivity contribution >= 4 is 5.91 Å². The minimum Gasteiger partial charge on any atom is -0.389 e. The van der Waals surface area contributed by atoms with Gasteiger partial charge in [0.05, 0.1) is 5.60 Å². The maximum absolute atomic E-state index is 12.7. The molecule has 2 aliphatic heterocycles. The largest absolute Gasteiger partial charge is 0.389 e. The quantitative estimate of drug-likeness (QED) is 0.869. The van der Waals surface area contributed by atoms with E-state index >= 15 is 0 Å². The highest BCUT2D eigenvalue weighted by Crippen LogP contribution is 2.30. The van der Waals surface area contributed by atoms with Gasteiger partial charge in [-0.05, 0) is 57.5 Å². The molecule has 1 N–H and O–H groups in total. The Morgan fingerprint density at radius 3 is 2.39 bits per heavy atom. The van der Waals surface area contributed by atoms with Gasteiger partial charge in [0.2, 0.25) is 5.91 Å². The molecule has 4 heteroatoms. The van der Waals surface area contributed by atoms with Crippen LogP contribution >= 0.6 is 0 Å². The molecule has 0 aromatic carbocycles. The first-order chi connectivity index (χ1) is 11.1. The Bertz CT molecular complexity index is 398. The van der Waals surface area contributed by atoms with Gasteiger partial charge in [-0.25, -0.2) is 0 Å². The zero-order chi connectivity index (χ0) is 16.3. The maximum atomic E-state index is 12.7. The topological polar surface area (TPSA) is 43.8 Å². The molecule has 23 heavy (non-hydrogen) atoms. The maximum Gasteiger partial charge on any atom is 0.225 e. The fourth-order valence-corrected chi connectivity index (χ4v) is 4.77. The Balaban J connectivity index is 1.45. The highest BCUT2D eigenvalue weighted by Gasteiger charge is 2.35. The van der Waals surface area contributed by atoms with Crippen LogP contribution < -0.4 is 0 Å². The van der Waals surface area contributed by atoms with Crippen molar-refractivity contribution in [2.75, 3.05) is 32.7 Å². The second-order valence-corrected chi connectivity index (χ2v) is 8.37. The zero-order valence-electron chi connectivity index (χ0n) is 14.8. The summed E-state index contributed by atoms with van der Waals surface area (Å²) < 4.78 is 0. The van der Waals surface area contributed by atoms with Crippen molar-refractivity contribution in [1.82, 2.24) is 9.80 Å². The Hall–Kier alpha value is -0.610. The van der Waals surface area contributed by atoms with Crippen molar-refractivity contribution in [1.29, 1.82) is 0 Å². The van der Waals surface area contributed by atoms with Crippen LogP contribution in [0.5, 0.6) is 0 Å². The molecule has 1 unspecified atom stereocenters. The zero-order valence-corrected chi connectivity index (χ0v) is 14.8.